The molecule has 19 heavy (non-hydrogen) atoms. The number of hydrogen-bond donors (Lipinski definition) is 0. The SMILES string of the molecule is CCCC[Si](OC)(OC)N1CCCC2CCCCC21. The van der Waals surface area contributed by atoms with Gasteiger partial charge in [-0.1, -0.05) is 32.6 Å². The minimum Gasteiger partial charge on any atom is -0.386 e. The van der Waals surface area contributed by atoms with Crippen molar-refractivity contribution in [2.75, 3.05) is 20.8 Å². The van der Waals surface area contributed by atoms with Crippen molar-refractivity contribution in [2.45, 2.75) is 70.4 Å². The first-order valence-electron chi connectivity index (χ1n) is 8.14. The smallest absolute Gasteiger partial charge is 0.386 e. The summed E-state index contributed by atoms with van der Waals surface area (Å²) in [5, 5.41) is 0. The average Bonchev–Trinajstić information content (AvgIpc) is 2.49. The number of hydrogen-bond acceptors (Lipinski definition) is 3. The van der Waals surface area contributed by atoms with Crippen LogP contribution in [-0.4, -0.2) is 40.1 Å². The fourth-order valence-corrected chi connectivity index (χ4v) is 7.59. The van der Waals surface area contributed by atoms with Crippen molar-refractivity contribution in [3.8, 4) is 0 Å². The number of nitrogens with zero attached hydrogens (tertiary/aromatic N) is 1. The number of piperidine rings is 1. The van der Waals surface area contributed by atoms with E-state index in [2.05, 4.69) is 11.5 Å². The Labute approximate surface area is 120 Å². The Morgan fingerprint density at radius 1 is 1.05 bits per heavy atom. The van der Waals surface area contributed by atoms with Gasteiger partial charge in [-0.25, -0.2) is 0 Å². The predicted molar refractivity (Wildman–Crippen MR) is 81.2 cm³/mol. The number of rotatable bonds is 6. The molecule has 1 heterocycles. The van der Waals surface area contributed by atoms with Crippen molar-refractivity contribution in [3.05, 3.63) is 0 Å². The molecule has 1 aliphatic carbocycles. The zero-order valence-electron chi connectivity index (χ0n) is 13.0. The van der Waals surface area contributed by atoms with Crippen LogP contribution in [0, 0.1) is 5.92 Å². The van der Waals surface area contributed by atoms with Crippen LogP contribution < -0.4 is 0 Å². The van der Waals surface area contributed by atoms with Crippen molar-refractivity contribution < 1.29 is 8.85 Å². The molecule has 2 fully saturated rings. The van der Waals surface area contributed by atoms with Crippen LogP contribution in [0.1, 0.15) is 58.3 Å². The molecule has 0 spiro atoms. The fraction of sp³-hybridized carbons (Fsp3) is 1.00. The second-order valence-electron chi connectivity index (χ2n) is 6.17. The highest BCUT2D eigenvalue weighted by molar-refractivity contribution is 6.64. The second-order valence-corrected chi connectivity index (χ2v) is 9.49. The maximum absolute atomic E-state index is 6.02. The lowest BCUT2D eigenvalue weighted by atomic mass is 9.79. The van der Waals surface area contributed by atoms with Gasteiger partial charge in [-0.2, -0.15) is 0 Å². The molecule has 2 aliphatic rings. The molecular formula is C15H31NO2Si. The quantitative estimate of drug-likeness (QED) is 0.695. The van der Waals surface area contributed by atoms with Crippen molar-refractivity contribution >= 4 is 8.72 Å². The molecule has 0 radical (unpaired) electrons. The first kappa shape index (κ1) is 15.5. The van der Waals surface area contributed by atoms with Crippen molar-refractivity contribution in [1.29, 1.82) is 0 Å². The topological polar surface area (TPSA) is 21.7 Å². The molecule has 2 unspecified atom stereocenters. The van der Waals surface area contributed by atoms with E-state index in [1.807, 2.05) is 14.2 Å². The summed E-state index contributed by atoms with van der Waals surface area (Å²) in [6.45, 7) is 3.45. The van der Waals surface area contributed by atoms with Gasteiger partial charge in [0.2, 0.25) is 0 Å². The van der Waals surface area contributed by atoms with E-state index in [0.29, 0.717) is 0 Å². The molecule has 4 heteroatoms. The lowest BCUT2D eigenvalue weighted by Crippen LogP contribution is -2.64. The lowest BCUT2D eigenvalue weighted by Gasteiger charge is -2.50. The molecule has 1 aliphatic heterocycles. The summed E-state index contributed by atoms with van der Waals surface area (Å²) < 4.78 is 14.7. The van der Waals surface area contributed by atoms with Gasteiger partial charge < -0.3 is 8.85 Å². The first-order valence-corrected chi connectivity index (χ1v) is 10.1. The maximum atomic E-state index is 6.02. The fourth-order valence-electron chi connectivity index (χ4n) is 4.11. The Morgan fingerprint density at radius 3 is 2.42 bits per heavy atom. The molecule has 0 amide bonds. The van der Waals surface area contributed by atoms with Crippen LogP contribution in [0.5, 0.6) is 0 Å². The standard InChI is InChI=1S/C15H31NO2Si/c1-4-5-13-19(17-2,18-3)16-12-8-10-14-9-6-7-11-15(14)16/h14-15H,4-13H2,1-3H3. The van der Waals surface area contributed by atoms with Crippen LogP contribution in [0.2, 0.25) is 6.04 Å². The number of unbranched alkanes of at least 4 members (excludes halogenated alkanes) is 1. The number of fused-ring (bicyclic) bond motifs is 1. The van der Waals surface area contributed by atoms with E-state index in [0.717, 1.165) is 18.0 Å². The average molecular weight is 286 g/mol. The predicted octanol–water partition coefficient (Wildman–Crippen LogP) is 3.67. The molecule has 0 aromatic heterocycles. The minimum absolute atomic E-state index is 0.742. The highest BCUT2D eigenvalue weighted by Crippen LogP contribution is 2.39. The van der Waals surface area contributed by atoms with Crippen molar-refractivity contribution in [2.24, 2.45) is 5.92 Å². The van der Waals surface area contributed by atoms with Crippen LogP contribution in [0.25, 0.3) is 0 Å². The lowest BCUT2D eigenvalue weighted by molar-refractivity contribution is 0.0595. The summed E-state index contributed by atoms with van der Waals surface area (Å²) in [5.74, 6) is 0.904. The van der Waals surface area contributed by atoms with Gasteiger partial charge >= 0.3 is 8.72 Å². The summed E-state index contributed by atoms with van der Waals surface area (Å²) in [6.07, 6.45) is 10.8. The molecule has 2 rings (SSSR count). The van der Waals surface area contributed by atoms with E-state index < -0.39 is 8.72 Å². The van der Waals surface area contributed by atoms with E-state index >= 15 is 0 Å². The molecule has 3 nitrogen and oxygen atoms in total. The Morgan fingerprint density at radius 2 is 1.74 bits per heavy atom. The highest BCUT2D eigenvalue weighted by atomic mass is 28.4. The summed E-state index contributed by atoms with van der Waals surface area (Å²) in [7, 11) is 1.61. The third-order valence-corrected chi connectivity index (χ3v) is 8.86. The van der Waals surface area contributed by atoms with Crippen molar-refractivity contribution in [1.82, 2.24) is 4.57 Å². The van der Waals surface area contributed by atoms with Gasteiger partial charge in [-0.05, 0) is 38.1 Å². The molecule has 2 atom stereocenters. The Hall–Kier alpha value is 0.0969. The van der Waals surface area contributed by atoms with E-state index in [-0.39, 0.29) is 0 Å². The maximum Gasteiger partial charge on any atom is 0.427 e. The van der Waals surface area contributed by atoms with Crippen LogP contribution in [0.4, 0.5) is 0 Å². The van der Waals surface area contributed by atoms with Crippen LogP contribution in [-0.2, 0) is 8.85 Å². The molecule has 0 N–H and O–H groups in total. The van der Waals surface area contributed by atoms with Gasteiger partial charge in [0.15, 0.2) is 0 Å². The van der Waals surface area contributed by atoms with Gasteiger partial charge in [0.05, 0.1) is 0 Å². The molecule has 0 bridgehead atoms. The van der Waals surface area contributed by atoms with Crippen molar-refractivity contribution in [3.63, 3.8) is 0 Å². The molecule has 0 aromatic rings. The molecule has 0 aromatic carbocycles. The van der Waals surface area contributed by atoms with Crippen LogP contribution >= 0.6 is 0 Å². The monoisotopic (exact) mass is 285 g/mol. The summed E-state index contributed by atoms with van der Waals surface area (Å²) in [5.41, 5.74) is 0. The summed E-state index contributed by atoms with van der Waals surface area (Å²) >= 11 is 0. The van der Waals surface area contributed by atoms with E-state index in [1.165, 1.54) is 57.9 Å². The zero-order valence-corrected chi connectivity index (χ0v) is 14.0. The van der Waals surface area contributed by atoms with Gasteiger partial charge in [0, 0.05) is 26.3 Å². The molecule has 1 saturated heterocycles. The zero-order chi connectivity index (χ0) is 13.7. The van der Waals surface area contributed by atoms with Gasteiger partial charge in [0.25, 0.3) is 0 Å². The van der Waals surface area contributed by atoms with E-state index in [1.54, 1.807) is 0 Å². The largest absolute Gasteiger partial charge is 0.427 e. The summed E-state index contributed by atoms with van der Waals surface area (Å²) in [4.78, 5) is 0. The van der Waals surface area contributed by atoms with Crippen LogP contribution in [0.15, 0.2) is 0 Å². The minimum atomic E-state index is -2.14. The summed E-state index contributed by atoms with van der Waals surface area (Å²) in [6, 6.07) is 1.87. The third-order valence-electron chi connectivity index (χ3n) is 5.16. The van der Waals surface area contributed by atoms with Gasteiger partial charge in [0.1, 0.15) is 0 Å². The molecule has 1 saturated carbocycles. The van der Waals surface area contributed by atoms with E-state index in [9.17, 15) is 0 Å². The Bertz CT molecular complexity index is 269. The highest BCUT2D eigenvalue weighted by Gasteiger charge is 2.49. The first-order chi connectivity index (χ1) is 9.27. The normalized spacial score (nSPS) is 29.2. The Kier molecular flexibility index (Phi) is 5.87. The van der Waals surface area contributed by atoms with Gasteiger partial charge in [-0.15, -0.1) is 0 Å². The van der Waals surface area contributed by atoms with Gasteiger partial charge in [-0.3, -0.25) is 4.57 Å². The molecule has 112 valence electrons. The third kappa shape index (κ3) is 3.23. The molecular weight excluding hydrogens is 254 g/mol. The van der Waals surface area contributed by atoms with Crippen LogP contribution in [0.3, 0.4) is 0 Å². The Balaban J connectivity index is 2.13. The van der Waals surface area contributed by atoms with E-state index in [4.69, 9.17) is 8.85 Å². The second kappa shape index (κ2) is 7.20.